The molecule has 0 amide bonds. The summed E-state index contributed by atoms with van der Waals surface area (Å²) in [6.45, 7) is 4.25. The van der Waals surface area contributed by atoms with Crippen LogP contribution in [-0.4, -0.2) is 6.36 Å². The summed E-state index contributed by atoms with van der Waals surface area (Å²) >= 11 is 0. The van der Waals surface area contributed by atoms with Gasteiger partial charge in [0.05, 0.1) is 0 Å². The molecule has 0 aliphatic carbocycles. The molecule has 0 saturated heterocycles. The molecule has 1 nitrogen and oxygen atoms in total. The largest absolute Gasteiger partial charge is 0.573 e. The molecule has 0 bridgehead atoms. The maximum Gasteiger partial charge on any atom is 0.573 e. The van der Waals surface area contributed by atoms with E-state index in [1.807, 2.05) is 0 Å². The minimum Gasteiger partial charge on any atom is -0.403 e. The van der Waals surface area contributed by atoms with Crippen LogP contribution in [0.3, 0.4) is 0 Å². The third-order valence-electron chi connectivity index (χ3n) is 1.06. The van der Waals surface area contributed by atoms with Crippen LogP contribution < -0.4 is 4.74 Å². The average Bonchev–Trinajstić information content (AvgIpc) is 2.08. The zero-order chi connectivity index (χ0) is 11.9. The van der Waals surface area contributed by atoms with Crippen molar-refractivity contribution in [1.82, 2.24) is 0 Å². The molecule has 0 unspecified atom stereocenters. The number of halogens is 4. The Kier molecular flexibility index (Phi) is 5.74. The first-order valence-corrected chi connectivity index (χ1v) is 4.41. The van der Waals surface area contributed by atoms with Gasteiger partial charge < -0.3 is 4.74 Å². The minimum atomic E-state index is -4.85. The summed E-state index contributed by atoms with van der Waals surface area (Å²) < 4.78 is 50.4. The van der Waals surface area contributed by atoms with Gasteiger partial charge in [-0.2, -0.15) is 0 Å². The van der Waals surface area contributed by atoms with Crippen LogP contribution in [0.5, 0.6) is 5.75 Å². The summed E-state index contributed by atoms with van der Waals surface area (Å²) in [5.41, 5.74) is 0. The van der Waals surface area contributed by atoms with Crippen molar-refractivity contribution in [3.05, 3.63) is 30.1 Å². The summed E-state index contributed by atoms with van der Waals surface area (Å²) in [6.07, 6.45) is -3.60. The number of ether oxygens (including phenoxy) is 1. The van der Waals surface area contributed by atoms with E-state index in [0.717, 1.165) is 12.1 Å². The molecule has 86 valence electrons. The topological polar surface area (TPSA) is 9.23 Å². The lowest BCUT2D eigenvalue weighted by atomic mass is 10.3. The molecule has 0 N–H and O–H groups in total. The average molecular weight is 224 g/mol. The van der Waals surface area contributed by atoms with E-state index in [2.05, 4.69) is 18.6 Å². The predicted octanol–water partition coefficient (Wildman–Crippen LogP) is 4.14. The Morgan fingerprint density at radius 1 is 1.13 bits per heavy atom. The van der Waals surface area contributed by atoms with Crippen LogP contribution in [0, 0.1) is 5.82 Å². The van der Waals surface area contributed by atoms with Crippen LogP contribution in [0.1, 0.15) is 20.3 Å². The van der Waals surface area contributed by atoms with Crippen LogP contribution >= 0.6 is 0 Å². The Hall–Kier alpha value is -1.26. The predicted molar refractivity (Wildman–Crippen MR) is 49.0 cm³/mol. The zero-order valence-electron chi connectivity index (χ0n) is 8.44. The fourth-order valence-electron chi connectivity index (χ4n) is 0.652. The lowest BCUT2D eigenvalue weighted by Crippen LogP contribution is -2.17. The van der Waals surface area contributed by atoms with Gasteiger partial charge >= 0.3 is 6.36 Å². The number of benzene rings is 1. The first kappa shape index (κ1) is 13.7. The molecule has 0 atom stereocenters. The van der Waals surface area contributed by atoms with Gasteiger partial charge in [-0.1, -0.05) is 32.4 Å². The maximum absolute atomic E-state index is 12.5. The second-order valence-electron chi connectivity index (χ2n) is 2.69. The number of hydrogen-bond donors (Lipinski definition) is 0. The van der Waals surface area contributed by atoms with Gasteiger partial charge in [0.25, 0.3) is 0 Å². The van der Waals surface area contributed by atoms with Crippen LogP contribution in [0.25, 0.3) is 0 Å². The Labute approximate surface area is 85.7 Å². The van der Waals surface area contributed by atoms with Gasteiger partial charge in [0, 0.05) is 0 Å². The van der Waals surface area contributed by atoms with E-state index < -0.39 is 17.9 Å². The van der Waals surface area contributed by atoms with Crippen molar-refractivity contribution in [3.8, 4) is 5.75 Å². The minimum absolute atomic E-state index is 0.815. The second-order valence-corrected chi connectivity index (χ2v) is 2.69. The highest BCUT2D eigenvalue weighted by molar-refractivity contribution is 5.23. The van der Waals surface area contributed by atoms with Crippen molar-refractivity contribution in [2.45, 2.75) is 26.6 Å². The standard InChI is InChI=1S/C7H4F4O.C3H8/c8-5-3-1-2-4-6(5)12-7(9,10)11;1-3-2/h1-4H;3H2,1-2H3. The molecule has 0 aliphatic heterocycles. The molecule has 0 spiro atoms. The van der Waals surface area contributed by atoms with Crippen molar-refractivity contribution in [1.29, 1.82) is 0 Å². The second kappa shape index (κ2) is 6.27. The zero-order valence-corrected chi connectivity index (χ0v) is 8.44. The van der Waals surface area contributed by atoms with Crippen LogP contribution in [0.2, 0.25) is 0 Å². The highest BCUT2D eigenvalue weighted by atomic mass is 19.4. The highest BCUT2D eigenvalue weighted by Gasteiger charge is 2.32. The van der Waals surface area contributed by atoms with E-state index in [4.69, 9.17) is 0 Å². The number of alkyl halides is 3. The molecular formula is C10H12F4O. The van der Waals surface area contributed by atoms with Crippen molar-refractivity contribution in [2.75, 3.05) is 0 Å². The first-order valence-electron chi connectivity index (χ1n) is 4.41. The summed E-state index contributed by atoms with van der Waals surface area (Å²) in [7, 11) is 0. The monoisotopic (exact) mass is 224 g/mol. The first-order chi connectivity index (χ1) is 6.90. The van der Waals surface area contributed by atoms with E-state index in [9.17, 15) is 17.6 Å². The van der Waals surface area contributed by atoms with E-state index in [1.165, 1.54) is 18.6 Å². The van der Waals surface area contributed by atoms with Crippen molar-refractivity contribution in [3.63, 3.8) is 0 Å². The number of rotatable bonds is 1. The lowest BCUT2D eigenvalue weighted by Gasteiger charge is -2.08. The summed E-state index contributed by atoms with van der Waals surface area (Å²) in [5, 5.41) is 0. The van der Waals surface area contributed by atoms with Gasteiger partial charge in [-0.3, -0.25) is 0 Å². The van der Waals surface area contributed by atoms with Crippen molar-refractivity contribution < 1.29 is 22.3 Å². The molecule has 1 aromatic carbocycles. The Morgan fingerprint density at radius 3 is 2.00 bits per heavy atom. The summed E-state index contributed by atoms with van der Waals surface area (Å²) in [5.74, 6) is -1.85. The summed E-state index contributed by atoms with van der Waals surface area (Å²) in [6, 6.07) is 4.33. The SMILES string of the molecule is CCC.Fc1ccccc1OC(F)(F)F. The lowest BCUT2D eigenvalue weighted by molar-refractivity contribution is -0.275. The third kappa shape index (κ3) is 6.76. The molecule has 0 fully saturated rings. The van der Waals surface area contributed by atoms with Crippen LogP contribution in [0.4, 0.5) is 17.6 Å². The van der Waals surface area contributed by atoms with E-state index >= 15 is 0 Å². The molecule has 0 heterocycles. The van der Waals surface area contributed by atoms with Gasteiger partial charge in [0.15, 0.2) is 11.6 Å². The molecule has 15 heavy (non-hydrogen) atoms. The highest BCUT2D eigenvalue weighted by Crippen LogP contribution is 2.24. The molecular weight excluding hydrogens is 212 g/mol. The molecule has 0 radical (unpaired) electrons. The van der Waals surface area contributed by atoms with Gasteiger partial charge in [-0.05, 0) is 12.1 Å². The third-order valence-corrected chi connectivity index (χ3v) is 1.06. The van der Waals surface area contributed by atoms with E-state index in [0.29, 0.717) is 0 Å². The number of hydrogen-bond acceptors (Lipinski definition) is 1. The smallest absolute Gasteiger partial charge is 0.403 e. The molecule has 0 saturated carbocycles. The van der Waals surface area contributed by atoms with Crippen molar-refractivity contribution >= 4 is 0 Å². The summed E-state index contributed by atoms with van der Waals surface area (Å²) in [4.78, 5) is 0. The van der Waals surface area contributed by atoms with Crippen LogP contribution in [-0.2, 0) is 0 Å². The Morgan fingerprint density at radius 2 is 1.60 bits per heavy atom. The van der Waals surface area contributed by atoms with Gasteiger partial charge in [0.1, 0.15) is 0 Å². The Bertz CT molecular complexity index is 283. The number of para-hydroxylation sites is 1. The van der Waals surface area contributed by atoms with Gasteiger partial charge in [0.2, 0.25) is 0 Å². The molecule has 5 heteroatoms. The fourth-order valence-corrected chi connectivity index (χ4v) is 0.652. The van der Waals surface area contributed by atoms with Gasteiger partial charge in [-0.25, -0.2) is 4.39 Å². The molecule has 0 aliphatic rings. The Balaban J connectivity index is 0.000000583. The van der Waals surface area contributed by atoms with E-state index in [1.54, 1.807) is 0 Å². The van der Waals surface area contributed by atoms with Crippen molar-refractivity contribution in [2.24, 2.45) is 0 Å². The quantitative estimate of drug-likeness (QED) is 0.651. The molecule has 1 aromatic rings. The normalized spacial score (nSPS) is 10.3. The fraction of sp³-hybridized carbons (Fsp3) is 0.400. The maximum atomic E-state index is 12.5. The molecule has 1 rings (SSSR count). The molecule has 0 aromatic heterocycles. The van der Waals surface area contributed by atoms with Gasteiger partial charge in [-0.15, -0.1) is 13.2 Å². The van der Waals surface area contributed by atoms with Crippen LogP contribution in [0.15, 0.2) is 24.3 Å². The van der Waals surface area contributed by atoms with E-state index in [-0.39, 0.29) is 0 Å².